The summed E-state index contributed by atoms with van der Waals surface area (Å²) in [6.45, 7) is 8.97. The first-order chi connectivity index (χ1) is 8.89. The Morgan fingerprint density at radius 3 is 2.47 bits per heavy atom. The fraction of sp³-hybridized carbons (Fsp3) is 0.786. The van der Waals surface area contributed by atoms with Crippen molar-refractivity contribution >= 4 is 11.6 Å². The zero-order valence-electron chi connectivity index (χ0n) is 12.9. The lowest BCUT2D eigenvalue weighted by Crippen LogP contribution is -2.50. The van der Waals surface area contributed by atoms with E-state index in [-0.39, 0.29) is 11.6 Å². The van der Waals surface area contributed by atoms with E-state index in [1.165, 1.54) is 0 Å². The van der Waals surface area contributed by atoms with Crippen molar-refractivity contribution in [2.24, 2.45) is 7.05 Å². The highest BCUT2D eigenvalue weighted by atomic mass is 35.5. The third-order valence-corrected chi connectivity index (χ3v) is 4.41. The molecule has 0 aliphatic carbocycles. The fourth-order valence-corrected chi connectivity index (χ4v) is 2.73. The van der Waals surface area contributed by atoms with Crippen molar-refractivity contribution in [3.8, 4) is 0 Å². The zero-order valence-corrected chi connectivity index (χ0v) is 13.6. The molecule has 1 heterocycles. The number of likely N-dealkylation sites (N-methyl/N-ethyl adjacent to an activating group) is 1. The van der Waals surface area contributed by atoms with Crippen LogP contribution in [0.5, 0.6) is 0 Å². The van der Waals surface area contributed by atoms with Crippen LogP contribution in [0.15, 0.2) is 0 Å². The predicted molar refractivity (Wildman–Crippen MR) is 79.8 cm³/mol. The lowest BCUT2D eigenvalue weighted by Gasteiger charge is -2.36. The van der Waals surface area contributed by atoms with Crippen molar-refractivity contribution in [3.63, 3.8) is 0 Å². The maximum absolute atomic E-state index is 6.33. The highest BCUT2D eigenvalue weighted by Gasteiger charge is 2.33. The summed E-state index contributed by atoms with van der Waals surface area (Å²) in [6, 6.07) is 0.199. The standard InChI is InChI=1S/C14H26ClN3O/c1-7-14(4,19-8-2)12(16-5)9-11-13(15)10(3)17-18(11)6/h12,16H,7-9H2,1-6H3. The summed E-state index contributed by atoms with van der Waals surface area (Å²) >= 11 is 6.33. The lowest BCUT2D eigenvalue weighted by atomic mass is 9.89. The first-order valence-corrected chi connectivity index (χ1v) is 7.26. The zero-order chi connectivity index (χ0) is 14.6. The molecular weight excluding hydrogens is 262 g/mol. The van der Waals surface area contributed by atoms with Gasteiger partial charge in [-0.15, -0.1) is 0 Å². The minimum atomic E-state index is -0.203. The van der Waals surface area contributed by atoms with Gasteiger partial charge in [-0.2, -0.15) is 5.10 Å². The molecule has 1 aromatic heterocycles. The van der Waals surface area contributed by atoms with Crippen LogP contribution in [-0.2, 0) is 18.2 Å². The molecule has 0 saturated carbocycles. The van der Waals surface area contributed by atoms with Crippen LogP contribution in [0.25, 0.3) is 0 Å². The summed E-state index contributed by atoms with van der Waals surface area (Å²) in [4.78, 5) is 0. The van der Waals surface area contributed by atoms with Gasteiger partial charge in [-0.05, 0) is 34.2 Å². The Balaban J connectivity index is 2.98. The molecule has 0 fully saturated rings. The minimum absolute atomic E-state index is 0.199. The van der Waals surface area contributed by atoms with Gasteiger partial charge in [0.05, 0.1) is 22.0 Å². The summed E-state index contributed by atoms with van der Waals surface area (Å²) < 4.78 is 7.82. The van der Waals surface area contributed by atoms with E-state index in [4.69, 9.17) is 16.3 Å². The van der Waals surface area contributed by atoms with E-state index in [0.717, 1.165) is 29.3 Å². The average Bonchev–Trinajstić information content (AvgIpc) is 2.61. The Labute approximate surface area is 121 Å². The highest BCUT2D eigenvalue weighted by molar-refractivity contribution is 6.31. The van der Waals surface area contributed by atoms with E-state index in [0.29, 0.717) is 6.61 Å². The molecule has 0 amide bonds. The second-order valence-corrected chi connectivity index (χ2v) is 5.49. The monoisotopic (exact) mass is 287 g/mol. The Bertz CT molecular complexity index is 419. The molecule has 0 aliphatic rings. The number of aromatic nitrogens is 2. The molecule has 1 aromatic rings. The van der Waals surface area contributed by atoms with Crippen molar-refractivity contribution in [3.05, 3.63) is 16.4 Å². The second-order valence-electron chi connectivity index (χ2n) is 5.11. The molecule has 19 heavy (non-hydrogen) atoms. The van der Waals surface area contributed by atoms with Crippen LogP contribution in [0.1, 0.15) is 38.6 Å². The maximum atomic E-state index is 6.33. The highest BCUT2D eigenvalue weighted by Crippen LogP contribution is 2.27. The first kappa shape index (κ1) is 16.5. The van der Waals surface area contributed by atoms with Crippen molar-refractivity contribution in [2.75, 3.05) is 13.7 Å². The van der Waals surface area contributed by atoms with Gasteiger partial charge in [-0.25, -0.2) is 0 Å². The molecule has 0 saturated heterocycles. The molecule has 0 bridgehead atoms. The third-order valence-electron chi connectivity index (χ3n) is 3.92. The third kappa shape index (κ3) is 3.50. The number of hydrogen-bond acceptors (Lipinski definition) is 3. The number of hydrogen-bond donors (Lipinski definition) is 1. The lowest BCUT2D eigenvalue weighted by molar-refractivity contribution is -0.0537. The maximum Gasteiger partial charge on any atom is 0.0847 e. The largest absolute Gasteiger partial charge is 0.374 e. The van der Waals surface area contributed by atoms with Gasteiger partial charge in [0, 0.05) is 26.1 Å². The number of nitrogens with zero attached hydrogens (tertiary/aromatic N) is 2. The van der Waals surface area contributed by atoms with E-state index < -0.39 is 0 Å². The second kappa shape index (κ2) is 6.73. The van der Waals surface area contributed by atoms with Gasteiger partial charge in [0.1, 0.15) is 0 Å². The van der Waals surface area contributed by atoms with E-state index in [1.54, 1.807) is 0 Å². The van der Waals surface area contributed by atoms with E-state index in [2.05, 4.69) is 24.3 Å². The van der Waals surface area contributed by atoms with Crippen molar-refractivity contribution < 1.29 is 4.74 Å². The first-order valence-electron chi connectivity index (χ1n) is 6.88. The van der Waals surface area contributed by atoms with Crippen LogP contribution in [0.2, 0.25) is 5.02 Å². The van der Waals surface area contributed by atoms with E-state index in [1.807, 2.05) is 32.6 Å². The molecule has 2 atom stereocenters. The van der Waals surface area contributed by atoms with Crippen LogP contribution < -0.4 is 5.32 Å². The Kier molecular flexibility index (Phi) is 5.83. The van der Waals surface area contributed by atoms with Crippen LogP contribution in [-0.4, -0.2) is 35.1 Å². The van der Waals surface area contributed by atoms with Gasteiger partial charge in [-0.1, -0.05) is 18.5 Å². The van der Waals surface area contributed by atoms with Gasteiger partial charge < -0.3 is 10.1 Å². The van der Waals surface area contributed by atoms with Gasteiger partial charge in [0.25, 0.3) is 0 Å². The topological polar surface area (TPSA) is 39.1 Å². The number of halogens is 1. The van der Waals surface area contributed by atoms with Crippen LogP contribution >= 0.6 is 11.6 Å². The summed E-state index contributed by atoms with van der Waals surface area (Å²) in [5.41, 5.74) is 1.73. The molecule has 0 spiro atoms. The van der Waals surface area contributed by atoms with Crippen LogP contribution in [0.4, 0.5) is 0 Å². The van der Waals surface area contributed by atoms with Crippen LogP contribution in [0.3, 0.4) is 0 Å². The molecular formula is C14H26ClN3O. The SMILES string of the molecule is CCOC(C)(CC)C(Cc1c(Cl)c(C)nn1C)NC. The van der Waals surface area contributed by atoms with Crippen molar-refractivity contribution in [1.29, 1.82) is 0 Å². The summed E-state index contributed by atoms with van der Waals surface area (Å²) in [7, 11) is 3.90. The Morgan fingerprint density at radius 1 is 1.47 bits per heavy atom. The van der Waals surface area contributed by atoms with Gasteiger partial charge in [0.2, 0.25) is 0 Å². The quantitative estimate of drug-likeness (QED) is 0.838. The summed E-state index contributed by atoms with van der Waals surface area (Å²) in [5, 5.41) is 8.50. The molecule has 110 valence electrons. The minimum Gasteiger partial charge on any atom is -0.374 e. The van der Waals surface area contributed by atoms with Gasteiger partial charge >= 0.3 is 0 Å². The van der Waals surface area contributed by atoms with Crippen LogP contribution in [0, 0.1) is 6.92 Å². The molecule has 0 radical (unpaired) electrons. The smallest absolute Gasteiger partial charge is 0.0847 e. The van der Waals surface area contributed by atoms with Gasteiger partial charge in [-0.3, -0.25) is 4.68 Å². The number of aryl methyl sites for hydroxylation is 2. The molecule has 0 aliphatic heterocycles. The number of ether oxygens (including phenoxy) is 1. The number of rotatable bonds is 7. The summed E-state index contributed by atoms with van der Waals surface area (Å²) in [6.07, 6.45) is 1.75. The Morgan fingerprint density at radius 2 is 2.11 bits per heavy atom. The molecule has 5 heteroatoms. The van der Waals surface area contributed by atoms with Crippen molar-refractivity contribution in [1.82, 2.24) is 15.1 Å². The summed E-state index contributed by atoms with van der Waals surface area (Å²) in [5.74, 6) is 0. The molecule has 2 unspecified atom stereocenters. The molecule has 1 rings (SSSR count). The predicted octanol–water partition coefficient (Wildman–Crippen LogP) is 2.72. The van der Waals surface area contributed by atoms with Crippen molar-refractivity contribution in [2.45, 2.75) is 52.2 Å². The Hall–Kier alpha value is -0.580. The molecule has 1 N–H and O–H groups in total. The fourth-order valence-electron chi connectivity index (χ4n) is 2.50. The number of nitrogens with one attached hydrogen (secondary N) is 1. The molecule has 0 aromatic carbocycles. The van der Waals surface area contributed by atoms with Gasteiger partial charge in [0.15, 0.2) is 0 Å². The van der Waals surface area contributed by atoms with E-state index >= 15 is 0 Å². The average molecular weight is 288 g/mol. The molecule has 4 nitrogen and oxygen atoms in total. The van der Waals surface area contributed by atoms with E-state index in [9.17, 15) is 0 Å². The normalized spacial score (nSPS) is 16.4.